The Morgan fingerprint density at radius 1 is 1.13 bits per heavy atom. The Bertz CT molecular complexity index is 1560. The van der Waals surface area contributed by atoms with Gasteiger partial charge in [0.1, 0.15) is 27.5 Å². The molecule has 4 aromatic heterocycles. The first-order valence-electron chi connectivity index (χ1n) is 12.7. The van der Waals surface area contributed by atoms with E-state index in [-0.39, 0.29) is 23.4 Å². The molecule has 0 spiro atoms. The third-order valence-corrected chi connectivity index (χ3v) is 8.29. The molecule has 2 bridgehead atoms. The van der Waals surface area contributed by atoms with Crippen LogP contribution < -0.4 is 10.2 Å². The number of nitrogens with zero attached hydrogens (tertiary/aromatic N) is 8. The van der Waals surface area contributed by atoms with E-state index in [0.717, 1.165) is 46.0 Å². The largest absolute Gasteiger partial charge is 0.395 e. The van der Waals surface area contributed by atoms with Gasteiger partial charge < -0.3 is 20.2 Å². The number of aromatic nitrogens is 5. The molecule has 202 valence electrons. The van der Waals surface area contributed by atoms with Crippen LogP contribution in [0, 0.1) is 6.92 Å². The predicted molar refractivity (Wildman–Crippen MR) is 152 cm³/mol. The lowest BCUT2D eigenvalue weighted by atomic mass is 10.2. The predicted octanol–water partition coefficient (Wildman–Crippen LogP) is 3.21. The highest BCUT2D eigenvalue weighted by Crippen LogP contribution is 2.35. The van der Waals surface area contributed by atoms with Crippen LogP contribution >= 0.6 is 22.9 Å². The van der Waals surface area contributed by atoms with Crippen LogP contribution in [0.4, 0.5) is 17.6 Å². The van der Waals surface area contributed by atoms with Crippen molar-refractivity contribution in [2.45, 2.75) is 25.4 Å². The number of thiazole rings is 1. The zero-order valence-corrected chi connectivity index (χ0v) is 23.4. The van der Waals surface area contributed by atoms with Gasteiger partial charge in [0.25, 0.3) is 5.91 Å². The average molecular weight is 566 g/mol. The summed E-state index contributed by atoms with van der Waals surface area (Å²) < 4.78 is 0.907. The quantitative estimate of drug-likeness (QED) is 0.323. The number of halogens is 1. The van der Waals surface area contributed by atoms with Crippen LogP contribution in [0.2, 0.25) is 5.15 Å². The fourth-order valence-corrected chi connectivity index (χ4v) is 6.37. The van der Waals surface area contributed by atoms with Crippen molar-refractivity contribution >= 4 is 56.6 Å². The summed E-state index contributed by atoms with van der Waals surface area (Å²) in [6.07, 6.45) is 2.84. The number of nitrogens with one attached hydrogen (secondary N) is 1. The molecule has 11 nitrogen and oxygen atoms in total. The fourth-order valence-electron chi connectivity index (χ4n) is 5.26. The first kappa shape index (κ1) is 25.8. The molecule has 2 fully saturated rings. The van der Waals surface area contributed by atoms with Gasteiger partial charge in [-0.1, -0.05) is 11.6 Å². The molecule has 6 rings (SSSR count). The Morgan fingerprint density at radius 3 is 2.72 bits per heavy atom. The summed E-state index contributed by atoms with van der Waals surface area (Å²) >= 11 is 7.69. The van der Waals surface area contributed by atoms with E-state index in [0.29, 0.717) is 36.2 Å². The molecule has 0 aliphatic carbocycles. The molecule has 13 heteroatoms. The summed E-state index contributed by atoms with van der Waals surface area (Å²) in [5.41, 5.74) is 2.63. The van der Waals surface area contributed by atoms with Crippen molar-refractivity contribution < 1.29 is 9.90 Å². The Labute approximate surface area is 234 Å². The van der Waals surface area contributed by atoms with Gasteiger partial charge in [0, 0.05) is 75.4 Å². The minimum atomic E-state index is -0.225. The molecule has 2 atom stereocenters. The van der Waals surface area contributed by atoms with Crippen LogP contribution in [-0.4, -0.2) is 98.2 Å². The second kappa shape index (κ2) is 10.3. The third kappa shape index (κ3) is 5.12. The lowest BCUT2D eigenvalue weighted by molar-refractivity contribution is 0.0822. The number of aryl methyl sites for hydroxylation is 1. The summed E-state index contributed by atoms with van der Waals surface area (Å²) in [5, 5.41) is 13.6. The summed E-state index contributed by atoms with van der Waals surface area (Å²) in [5.74, 6) is 1.78. The lowest BCUT2D eigenvalue weighted by Gasteiger charge is -2.34. The topological polar surface area (TPSA) is 124 Å². The minimum absolute atomic E-state index is 0.184. The summed E-state index contributed by atoms with van der Waals surface area (Å²) in [7, 11) is 3.35. The van der Waals surface area contributed by atoms with E-state index in [1.807, 2.05) is 19.1 Å². The van der Waals surface area contributed by atoms with Gasteiger partial charge >= 0.3 is 0 Å². The Morgan fingerprint density at radius 2 is 1.97 bits per heavy atom. The van der Waals surface area contributed by atoms with Gasteiger partial charge in [-0.3, -0.25) is 9.69 Å². The maximum Gasteiger partial charge on any atom is 0.272 e. The van der Waals surface area contributed by atoms with Crippen LogP contribution in [0.15, 0.2) is 30.5 Å². The number of pyridine rings is 2. The van der Waals surface area contributed by atoms with Crippen LogP contribution in [0.3, 0.4) is 0 Å². The van der Waals surface area contributed by atoms with Gasteiger partial charge in [0.05, 0.1) is 16.8 Å². The number of anilines is 3. The molecule has 39 heavy (non-hydrogen) atoms. The maximum absolute atomic E-state index is 12.4. The van der Waals surface area contributed by atoms with Crippen molar-refractivity contribution in [1.29, 1.82) is 0 Å². The highest BCUT2D eigenvalue weighted by Gasteiger charge is 2.44. The second-order valence-corrected chi connectivity index (χ2v) is 11.5. The van der Waals surface area contributed by atoms with Gasteiger partial charge in [0.15, 0.2) is 0 Å². The first-order valence-corrected chi connectivity index (χ1v) is 13.9. The van der Waals surface area contributed by atoms with Crippen LogP contribution in [-0.2, 0) is 0 Å². The number of rotatable bonds is 7. The molecule has 0 saturated carbocycles. The number of hydrogen-bond acceptors (Lipinski definition) is 11. The zero-order valence-electron chi connectivity index (χ0n) is 21.8. The van der Waals surface area contributed by atoms with E-state index in [1.165, 1.54) is 16.2 Å². The monoisotopic (exact) mass is 565 g/mol. The van der Waals surface area contributed by atoms with E-state index < -0.39 is 0 Å². The van der Waals surface area contributed by atoms with Gasteiger partial charge in [-0.2, -0.15) is 4.98 Å². The van der Waals surface area contributed by atoms with E-state index in [4.69, 9.17) is 26.6 Å². The number of aliphatic hydroxyl groups excluding tert-OH is 1. The summed E-state index contributed by atoms with van der Waals surface area (Å²) in [6, 6.07) is 7.98. The normalized spacial score (nSPS) is 18.7. The Balaban J connectivity index is 1.23. The molecule has 2 N–H and O–H groups in total. The molecule has 2 aliphatic heterocycles. The average Bonchev–Trinajstić information content (AvgIpc) is 3.62. The standard InChI is InChI=1S/C26H28ClN9O2S/c1-14-6-23(33-26(29-14)36-13-16-9-17(36)12-35(16)4-5-37)32-22-10-18-20(11-28-22)39-24(31-18)15-7-19(25(38)34(2)3)30-21(27)8-15/h6-8,10-11,16-17,37H,4-5,9,12-13H2,1-3H3,(H,28,29,32,33)/t16-,17-/m0/s1. The highest BCUT2D eigenvalue weighted by atomic mass is 35.5. The van der Waals surface area contributed by atoms with Gasteiger partial charge in [-0.15, -0.1) is 11.3 Å². The SMILES string of the molecule is Cc1cc(Nc2cc3nc(-c4cc(Cl)nc(C(=O)N(C)C)c4)sc3cn2)nc(N2C[C@@H]3C[C@H]2CN3CCO)n1. The van der Waals surface area contributed by atoms with Crippen molar-refractivity contribution in [3.05, 3.63) is 47.0 Å². The Kier molecular flexibility index (Phi) is 6.79. The van der Waals surface area contributed by atoms with Gasteiger partial charge in [-0.25, -0.2) is 19.9 Å². The van der Waals surface area contributed by atoms with Crippen LogP contribution in [0.1, 0.15) is 22.6 Å². The lowest BCUT2D eigenvalue weighted by Crippen LogP contribution is -2.47. The van der Waals surface area contributed by atoms with Gasteiger partial charge in [-0.05, 0) is 25.5 Å². The van der Waals surface area contributed by atoms with Crippen LogP contribution in [0.5, 0.6) is 0 Å². The zero-order chi connectivity index (χ0) is 27.3. The van der Waals surface area contributed by atoms with Crippen molar-refractivity contribution in [3.63, 3.8) is 0 Å². The first-order chi connectivity index (χ1) is 18.8. The van der Waals surface area contributed by atoms with Crippen molar-refractivity contribution in [2.24, 2.45) is 0 Å². The molecule has 0 aromatic carbocycles. The number of carbonyl (C=O) groups is 1. The van der Waals surface area contributed by atoms with Gasteiger partial charge in [0.2, 0.25) is 5.95 Å². The number of likely N-dealkylation sites (tertiary alicyclic amines) is 1. The van der Waals surface area contributed by atoms with E-state index in [9.17, 15) is 9.90 Å². The number of amides is 1. The fraction of sp³-hybridized carbons (Fsp3) is 0.385. The van der Waals surface area contributed by atoms with Crippen molar-refractivity contribution in [2.75, 3.05) is 50.6 Å². The number of hydrogen-bond donors (Lipinski definition) is 2. The number of carbonyl (C=O) groups excluding carboxylic acids is 1. The van der Waals surface area contributed by atoms with E-state index in [2.05, 4.69) is 25.1 Å². The molecule has 6 heterocycles. The summed E-state index contributed by atoms with van der Waals surface area (Å²) in [6.45, 7) is 4.64. The van der Waals surface area contributed by atoms with Crippen molar-refractivity contribution in [3.8, 4) is 10.6 Å². The number of β-amino-alcohol motifs (C(OH)–C–C–N with tert-alkyl or cyclic N) is 1. The smallest absolute Gasteiger partial charge is 0.272 e. The van der Waals surface area contributed by atoms with E-state index in [1.54, 1.807) is 32.4 Å². The highest BCUT2D eigenvalue weighted by molar-refractivity contribution is 7.21. The second-order valence-electron chi connectivity index (χ2n) is 10.1. The molecule has 4 aromatic rings. The molecule has 1 amide bonds. The molecule has 0 radical (unpaired) electrons. The molecule has 0 unspecified atom stereocenters. The molecule has 2 aliphatic rings. The Hall–Kier alpha value is -3.45. The molecule has 2 saturated heterocycles. The van der Waals surface area contributed by atoms with E-state index >= 15 is 0 Å². The van der Waals surface area contributed by atoms with Crippen LogP contribution in [0.25, 0.3) is 20.8 Å². The molecular formula is C26H28ClN9O2S. The minimum Gasteiger partial charge on any atom is -0.395 e. The van der Waals surface area contributed by atoms with Crippen molar-refractivity contribution in [1.82, 2.24) is 34.7 Å². The number of aliphatic hydroxyl groups is 1. The summed E-state index contributed by atoms with van der Waals surface area (Å²) in [4.78, 5) is 41.5. The maximum atomic E-state index is 12.4. The third-order valence-electron chi connectivity index (χ3n) is 7.04. The number of piperazine rings is 1. The molecular weight excluding hydrogens is 538 g/mol. The number of fused-ring (bicyclic) bond motifs is 3.